The lowest BCUT2D eigenvalue weighted by Crippen LogP contribution is -2.40. The number of aryl methyl sites for hydroxylation is 1. The molecule has 0 fully saturated rings. The molecule has 1 atom stereocenters. The predicted octanol–water partition coefficient (Wildman–Crippen LogP) is 1.44. The number of nitrogens with zero attached hydrogens (tertiary/aromatic N) is 1. The van der Waals surface area contributed by atoms with E-state index in [2.05, 4.69) is 10.3 Å². The average Bonchev–Trinajstić information content (AvgIpc) is 2.36. The Morgan fingerprint density at radius 3 is 2.74 bits per heavy atom. The van der Waals surface area contributed by atoms with Crippen LogP contribution in [0.25, 0.3) is 0 Å². The van der Waals surface area contributed by atoms with Crippen molar-refractivity contribution < 1.29 is 9.47 Å². The smallest absolute Gasteiger partial charge is 0.189 e. The molecule has 0 saturated carbocycles. The first-order chi connectivity index (χ1) is 9.06. The minimum atomic E-state index is 0.145. The number of methoxy groups -OCH3 is 2. The molecular weight excluding hydrogens is 242 g/mol. The Kier molecular flexibility index (Phi) is 6.15. The summed E-state index contributed by atoms with van der Waals surface area (Å²) in [7, 11) is 3.32. The summed E-state index contributed by atoms with van der Waals surface area (Å²) in [5, 5.41) is 3.07. The van der Waals surface area contributed by atoms with Gasteiger partial charge in [-0.15, -0.1) is 0 Å². The summed E-state index contributed by atoms with van der Waals surface area (Å²) < 4.78 is 10.2. The maximum atomic E-state index is 5.81. The van der Waals surface area contributed by atoms with Crippen molar-refractivity contribution in [1.82, 2.24) is 5.32 Å². The highest BCUT2D eigenvalue weighted by atomic mass is 16.5. The zero-order valence-electron chi connectivity index (χ0n) is 12.1. The van der Waals surface area contributed by atoms with Crippen LogP contribution in [0, 0.1) is 6.92 Å². The summed E-state index contributed by atoms with van der Waals surface area (Å²) >= 11 is 0. The number of hydrogen-bond acceptors (Lipinski definition) is 3. The van der Waals surface area contributed by atoms with E-state index in [0.717, 1.165) is 16.9 Å². The van der Waals surface area contributed by atoms with Gasteiger partial charge in [-0.2, -0.15) is 0 Å². The van der Waals surface area contributed by atoms with Crippen molar-refractivity contribution in [2.24, 2.45) is 10.7 Å². The molecule has 0 saturated heterocycles. The molecule has 5 heteroatoms. The van der Waals surface area contributed by atoms with Crippen molar-refractivity contribution in [2.75, 3.05) is 20.8 Å². The standard InChI is InChI=1S/C14H23N3O2/c1-10-7-12(5-6-13(10)19-4)8-16-14(15)17-11(2)9-18-3/h5-7,11H,8-9H2,1-4H3,(H3,15,16,17). The quantitative estimate of drug-likeness (QED) is 0.603. The number of ether oxygens (including phenoxy) is 2. The molecule has 1 unspecified atom stereocenters. The lowest BCUT2D eigenvalue weighted by molar-refractivity contribution is 0.179. The monoisotopic (exact) mass is 265 g/mol. The van der Waals surface area contributed by atoms with Gasteiger partial charge in [-0.3, -0.25) is 0 Å². The van der Waals surface area contributed by atoms with E-state index in [0.29, 0.717) is 19.1 Å². The van der Waals surface area contributed by atoms with E-state index in [1.54, 1.807) is 14.2 Å². The van der Waals surface area contributed by atoms with Crippen molar-refractivity contribution in [3.63, 3.8) is 0 Å². The third-order valence-electron chi connectivity index (χ3n) is 2.70. The van der Waals surface area contributed by atoms with Gasteiger partial charge in [-0.25, -0.2) is 4.99 Å². The maximum absolute atomic E-state index is 5.81. The maximum Gasteiger partial charge on any atom is 0.189 e. The summed E-state index contributed by atoms with van der Waals surface area (Å²) in [4.78, 5) is 4.30. The molecule has 0 bridgehead atoms. The van der Waals surface area contributed by atoms with Crippen molar-refractivity contribution in [2.45, 2.75) is 26.4 Å². The Morgan fingerprint density at radius 1 is 1.42 bits per heavy atom. The Labute approximate surface area is 114 Å². The van der Waals surface area contributed by atoms with E-state index in [1.807, 2.05) is 32.0 Å². The van der Waals surface area contributed by atoms with E-state index in [4.69, 9.17) is 15.2 Å². The van der Waals surface area contributed by atoms with Gasteiger partial charge in [0.25, 0.3) is 0 Å². The first-order valence-corrected chi connectivity index (χ1v) is 6.25. The van der Waals surface area contributed by atoms with E-state index < -0.39 is 0 Å². The molecule has 1 aromatic rings. The highest BCUT2D eigenvalue weighted by molar-refractivity contribution is 5.78. The van der Waals surface area contributed by atoms with Crippen LogP contribution in [0.3, 0.4) is 0 Å². The van der Waals surface area contributed by atoms with E-state index in [1.165, 1.54) is 0 Å². The molecule has 0 heterocycles. The number of hydrogen-bond donors (Lipinski definition) is 2. The van der Waals surface area contributed by atoms with Crippen molar-refractivity contribution in [1.29, 1.82) is 0 Å². The van der Waals surface area contributed by atoms with Crippen LogP contribution >= 0.6 is 0 Å². The van der Waals surface area contributed by atoms with Gasteiger partial charge in [0.2, 0.25) is 0 Å². The molecule has 0 aromatic heterocycles. The normalized spacial score (nSPS) is 13.2. The fourth-order valence-electron chi connectivity index (χ4n) is 1.81. The molecule has 5 nitrogen and oxygen atoms in total. The van der Waals surface area contributed by atoms with Crippen LogP contribution in [-0.4, -0.2) is 32.8 Å². The van der Waals surface area contributed by atoms with Crippen LogP contribution in [0.1, 0.15) is 18.1 Å². The second-order valence-corrected chi connectivity index (χ2v) is 4.51. The van der Waals surface area contributed by atoms with Crippen molar-refractivity contribution >= 4 is 5.96 Å². The Hall–Kier alpha value is -1.75. The zero-order valence-corrected chi connectivity index (χ0v) is 12.1. The highest BCUT2D eigenvalue weighted by Crippen LogP contribution is 2.18. The van der Waals surface area contributed by atoms with Crippen LogP contribution in [-0.2, 0) is 11.3 Å². The van der Waals surface area contributed by atoms with Crippen LogP contribution in [0.4, 0.5) is 0 Å². The first kappa shape index (κ1) is 15.3. The molecule has 19 heavy (non-hydrogen) atoms. The number of rotatable bonds is 6. The molecule has 0 aliphatic rings. The van der Waals surface area contributed by atoms with E-state index >= 15 is 0 Å². The summed E-state index contributed by atoms with van der Waals surface area (Å²) in [5.74, 6) is 1.31. The molecule has 0 amide bonds. The van der Waals surface area contributed by atoms with Gasteiger partial charge in [-0.05, 0) is 31.0 Å². The largest absolute Gasteiger partial charge is 0.496 e. The highest BCUT2D eigenvalue weighted by Gasteiger charge is 2.02. The molecule has 1 aromatic carbocycles. The minimum Gasteiger partial charge on any atom is -0.496 e. The fourth-order valence-corrected chi connectivity index (χ4v) is 1.81. The van der Waals surface area contributed by atoms with Crippen LogP contribution < -0.4 is 15.8 Å². The number of guanidine groups is 1. The Morgan fingerprint density at radius 2 is 2.16 bits per heavy atom. The fraction of sp³-hybridized carbons (Fsp3) is 0.500. The Balaban J connectivity index is 2.57. The van der Waals surface area contributed by atoms with Gasteiger partial charge in [0, 0.05) is 13.2 Å². The number of benzene rings is 1. The number of aliphatic imine (C=N–C) groups is 1. The van der Waals surface area contributed by atoms with Crippen molar-refractivity contribution in [3.05, 3.63) is 29.3 Å². The predicted molar refractivity (Wildman–Crippen MR) is 77.5 cm³/mol. The molecular formula is C14H23N3O2. The lowest BCUT2D eigenvalue weighted by Gasteiger charge is -2.13. The summed E-state index contributed by atoms with van der Waals surface area (Å²) in [6, 6.07) is 6.12. The van der Waals surface area contributed by atoms with Gasteiger partial charge in [0.15, 0.2) is 5.96 Å². The van der Waals surface area contributed by atoms with Gasteiger partial charge in [0.05, 0.1) is 20.3 Å². The molecule has 0 aliphatic heterocycles. The zero-order chi connectivity index (χ0) is 14.3. The second-order valence-electron chi connectivity index (χ2n) is 4.51. The van der Waals surface area contributed by atoms with Crippen LogP contribution in [0.15, 0.2) is 23.2 Å². The molecule has 0 aliphatic carbocycles. The Bertz CT molecular complexity index is 433. The van der Waals surface area contributed by atoms with E-state index in [9.17, 15) is 0 Å². The van der Waals surface area contributed by atoms with Gasteiger partial charge in [0.1, 0.15) is 5.75 Å². The minimum absolute atomic E-state index is 0.145. The van der Waals surface area contributed by atoms with Gasteiger partial charge in [-0.1, -0.05) is 12.1 Å². The molecule has 106 valence electrons. The number of nitrogens with two attached hydrogens (primary N) is 1. The average molecular weight is 265 g/mol. The second kappa shape index (κ2) is 7.63. The molecule has 3 N–H and O–H groups in total. The third kappa shape index (κ3) is 5.18. The van der Waals surface area contributed by atoms with Gasteiger partial charge >= 0.3 is 0 Å². The SMILES string of the molecule is COCC(C)NC(N)=NCc1ccc(OC)c(C)c1. The molecule has 0 radical (unpaired) electrons. The van der Waals surface area contributed by atoms with Gasteiger partial charge < -0.3 is 20.5 Å². The first-order valence-electron chi connectivity index (χ1n) is 6.25. The molecule has 0 spiro atoms. The van der Waals surface area contributed by atoms with Crippen LogP contribution in [0.2, 0.25) is 0 Å². The van der Waals surface area contributed by atoms with Crippen LogP contribution in [0.5, 0.6) is 5.75 Å². The van der Waals surface area contributed by atoms with E-state index in [-0.39, 0.29) is 6.04 Å². The summed E-state index contributed by atoms with van der Waals surface area (Å²) in [5.41, 5.74) is 8.00. The topological polar surface area (TPSA) is 68.9 Å². The summed E-state index contributed by atoms with van der Waals surface area (Å²) in [6.07, 6.45) is 0. The van der Waals surface area contributed by atoms with Crippen molar-refractivity contribution in [3.8, 4) is 5.75 Å². The third-order valence-corrected chi connectivity index (χ3v) is 2.70. The lowest BCUT2D eigenvalue weighted by atomic mass is 10.1. The molecule has 1 rings (SSSR count). The summed E-state index contributed by atoms with van der Waals surface area (Å²) in [6.45, 7) is 5.14. The number of nitrogens with one attached hydrogen (secondary N) is 1.